The molecule has 0 amide bonds. The van der Waals surface area contributed by atoms with Crippen LogP contribution in [0.4, 0.5) is 24.8 Å². The number of nitrogens with zero attached hydrogens (tertiary/aromatic N) is 3. The van der Waals surface area contributed by atoms with Gasteiger partial charge in [0, 0.05) is 11.4 Å². The molecule has 1 aliphatic rings. The number of nitrogens with one attached hydrogen (secondary N) is 1. The van der Waals surface area contributed by atoms with Crippen LogP contribution in [0, 0.1) is 6.92 Å². The summed E-state index contributed by atoms with van der Waals surface area (Å²) in [6.45, 7) is 3.57. The van der Waals surface area contributed by atoms with E-state index in [1.54, 1.807) is 18.7 Å². The van der Waals surface area contributed by atoms with Gasteiger partial charge in [-0.25, -0.2) is 19.3 Å². The van der Waals surface area contributed by atoms with E-state index >= 15 is 0 Å². The summed E-state index contributed by atoms with van der Waals surface area (Å²) in [6, 6.07) is 9.55. The van der Waals surface area contributed by atoms with E-state index in [0.29, 0.717) is 12.1 Å². The van der Waals surface area contributed by atoms with E-state index in [2.05, 4.69) is 10.2 Å². The van der Waals surface area contributed by atoms with Crippen molar-refractivity contribution in [3.8, 4) is 0 Å². The fourth-order valence-electron chi connectivity index (χ4n) is 4.51. The van der Waals surface area contributed by atoms with Crippen molar-refractivity contribution in [3.05, 3.63) is 86.5 Å². The van der Waals surface area contributed by atoms with Crippen LogP contribution in [0.2, 0.25) is 0 Å². The Bertz CT molecular complexity index is 1390. The van der Waals surface area contributed by atoms with Crippen LogP contribution in [0.3, 0.4) is 0 Å². The molecule has 0 aliphatic carbocycles. The van der Waals surface area contributed by atoms with Gasteiger partial charge in [-0.05, 0) is 61.6 Å². The number of allylic oxidation sites excluding steroid dienone is 1. The van der Waals surface area contributed by atoms with Crippen LogP contribution < -0.4 is 10.6 Å². The summed E-state index contributed by atoms with van der Waals surface area (Å²) in [5.41, 5.74) is 1.80. The maximum atomic E-state index is 13.5. The molecule has 190 valence electrons. The molecule has 0 bridgehead atoms. The molecule has 3 aromatic rings. The Morgan fingerprint density at radius 1 is 1.19 bits per heavy atom. The summed E-state index contributed by atoms with van der Waals surface area (Å²) in [5.74, 6) is 0.207. The van der Waals surface area contributed by atoms with E-state index in [1.165, 1.54) is 28.7 Å². The zero-order chi connectivity index (χ0) is 26.2. The summed E-state index contributed by atoms with van der Waals surface area (Å²) < 4.78 is 46.8. The lowest BCUT2D eigenvalue weighted by atomic mass is 9.89. The van der Waals surface area contributed by atoms with Gasteiger partial charge in [0.25, 0.3) is 0 Å². The number of methoxy groups -OCH3 is 1. The molecule has 7 nitrogen and oxygen atoms in total. The number of thioether (sulfide) groups is 1. The van der Waals surface area contributed by atoms with Crippen molar-refractivity contribution < 1.29 is 22.7 Å². The molecule has 0 saturated heterocycles. The van der Waals surface area contributed by atoms with Gasteiger partial charge in [-0.1, -0.05) is 29.8 Å². The maximum absolute atomic E-state index is 13.5. The number of ether oxygens (including phenoxy) is 1. The monoisotopic (exact) mass is 518 g/mol. The minimum absolute atomic E-state index is 0.0749. The van der Waals surface area contributed by atoms with Crippen LogP contribution in [-0.2, 0) is 22.1 Å². The Labute approximate surface area is 210 Å². The van der Waals surface area contributed by atoms with Gasteiger partial charge in [-0.15, -0.1) is 5.10 Å². The number of H-pyrrole nitrogens is 1. The molecule has 0 fully saturated rings. The first-order valence-corrected chi connectivity index (χ1v) is 12.5. The molecular formula is C25H25F3N4O3S. The highest BCUT2D eigenvalue weighted by molar-refractivity contribution is 7.98. The Morgan fingerprint density at radius 2 is 1.94 bits per heavy atom. The van der Waals surface area contributed by atoms with Crippen molar-refractivity contribution in [1.82, 2.24) is 14.8 Å². The lowest BCUT2D eigenvalue weighted by molar-refractivity contribution is -0.138. The average Bonchev–Trinajstić information content (AvgIpc) is 3.22. The quantitative estimate of drug-likeness (QED) is 0.463. The zero-order valence-electron chi connectivity index (χ0n) is 20.1. The molecule has 1 aliphatic heterocycles. The van der Waals surface area contributed by atoms with Crippen LogP contribution in [0.5, 0.6) is 0 Å². The van der Waals surface area contributed by atoms with Crippen LogP contribution in [-0.4, -0.2) is 39.9 Å². The topological polar surface area (TPSA) is 80.2 Å². The molecule has 2 heterocycles. The Kier molecular flexibility index (Phi) is 7.03. The highest BCUT2D eigenvalue weighted by Gasteiger charge is 2.40. The first-order chi connectivity index (χ1) is 17.1. The summed E-state index contributed by atoms with van der Waals surface area (Å²) >= 11 is 1.67. The lowest BCUT2D eigenvalue weighted by Crippen LogP contribution is -2.38. The van der Waals surface area contributed by atoms with Gasteiger partial charge in [-0.2, -0.15) is 24.9 Å². The SMILES string of the molecule is COC(=O)C1=C(C)N(c2cccc(C(F)(F)F)c2)c2n[nH]c(=O)n2C1c1ccc(C)cc1CCSC. The molecule has 1 N–H and O–H groups in total. The summed E-state index contributed by atoms with van der Waals surface area (Å²) in [6.07, 6.45) is -1.89. The second-order valence-corrected chi connectivity index (χ2v) is 9.41. The number of hydrogen-bond donors (Lipinski definition) is 1. The Balaban J connectivity index is 2.00. The van der Waals surface area contributed by atoms with E-state index in [4.69, 9.17) is 4.74 Å². The third-order valence-corrected chi connectivity index (χ3v) is 6.76. The zero-order valence-corrected chi connectivity index (χ0v) is 21.0. The maximum Gasteiger partial charge on any atom is 0.416 e. The van der Waals surface area contributed by atoms with E-state index in [9.17, 15) is 22.8 Å². The third-order valence-electron chi connectivity index (χ3n) is 6.15. The van der Waals surface area contributed by atoms with Crippen molar-refractivity contribution in [3.63, 3.8) is 0 Å². The highest BCUT2D eigenvalue weighted by Crippen LogP contribution is 2.43. The van der Waals surface area contributed by atoms with Gasteiger partial charge >= 0.3 is 17.8 Å². The fraction of sp³-hybridized carbons (Fsp3) is 0.320. The summed E-state index contributed by atoms with van der Waals surface area (Å²) in [5, 5.41) is 6.55. The van der Waals surface area contributed by atoms with Crippen molar-refractivity contribution in [2.75, 3.05) is 24.0 Å². The molecule has 1 unspecified atom stereocenters. The molecule has 0 spiro atoms. The van der Waals surface area contributed by atoms with Crippen molar-refractivity contribution in [2.45, 2.75) is 32.5 Å². The number of rotatable bonds is 6. The molecule has 4 rings (SSSR count). The third kappa shape index (κ3) is 4.55. The van der Waals surface area contributed by atoms with Crippen molar-refractivity contribution in [1.29, 1.82) is 0 Å². The van der Waals surface area contributed by atoms with Gasteiger partial charge in [0.15, 0.2) is 0 Å². The van der Waals surface area contributed by atoms with Crippen LogP contribution in [0.15, 0.2) is 58.5 Å². The van der Waals surface area contributed by atoms with E-state index < -0.39 is 29.4 Å². The minimum atomic E-state index is -4.57. The predicted octanol–water partition coefficient (Wildman–Crippen LogP) is 4.99. The number of fused-ring (bicyclic) bond motifs is 1. The highest BCUT2D eigenvalue weighted by atomic mass is 32.2. The normalized spacial score (nSPS) is 15.8. The van der Waals surface area contributed by atoms with Crippen LogP contribution in [0.25, 0.3) is 0 Å². The Hall–Kier alpha value is -3.47. The van der Waals surface area contributed by atoms with Gasteiger partial charge in [0.1, 0.15) is 6.04 Å². The molecular weight excluding hydrogens is 493 g/mol. The fourth-order valence-corrected chi connectivity index (χ4v) is 4.93. The number of carbonyl (C=O) groups excluding carboxylic acids is 1. The molecule has 1 atom stereocenters. The molecule has 36 heavy (non-hydrogen) atoms. The summed E-state index contributed by atoms with van der Waals surface area (Å²) in [4.78, 5) is 27.6. The number of benzene rings is 2. The number of halogens is 3. The number of anilines is 2. The van der Waals surface area contributed by atoms with E-state index in [-0.39, 0.29) is 17.2 Å². The smallest absolute Gasteiger partial charge is 0.416 e. The predicted molar refractivity (Wildman–Crippen MR) is 133 cm³/mol. The molecule has 0 saturated carbocycles. The van der Waals surface area contributed by atoms with Gasteiger partial charge < -0.3 is 4.74 Å². The van der Waals surface area contributed by atoms with Gasteiger partial charge in [0.2, 0.25) is 5.95 Å². The largest absolute Gasteiger partial charge is 0.466 e. The van der Waals surface area contributed by atoms with Gasteiger partial charge in [0.05, 0.1) is 18.2 Å². The number of aromatic amines is 1. The second kappa shape index (κ2) is 9.88. The number of aromatic nitrogens is 3. The van der Waals surface area contributed by atoms with Crippen LogP contribution in [0.1, 0.15) is 35.2 Å². The summed E-state index contributed by atoms with van der Waals surface area (Å²) in [7, 11) is 1.23. The van der Waals surface area contributed by atoms with Gasteiger partial charge in [-0.3, -0.25) is 4.90 Å². The first kappa shape index (κ1) is 25.6. The van der Waals surface area contributed by atoms with Crippen molar-refractivity contribution in [2.24, 2.45) is 0 Å². The number of aryl methyl sites for hydroxylation is 2. The minimum Gasteiger partial charge on any atom is -0.466 e. The number of carbonyl (C=O) groups is 1. The van der Waals surface area contributed by atoms with Crippen molar-refractivity contribution >= 4 is 29.4 Å². The molecule has 1 aromatic heterocycles. The molecule has 2 aromatic carbocycles. The number of esters is 1. The molecule has 0 radical (unpaired) electrons. The first-order valence-electron chi connectivity index (χ1n) is 11.1. The average molecular weight is 519 g/mol. The second-order valence-electron chi connectivity index (χ2n) is 8.42. The lowest BCUT2D eigenvalue weighted by Gasteiger charge is -2.36. The van der Waals surface area contributed by atoms with Crippen LogP contribution >= 0.6 is 11.8 Å². The number of hydrogen-bond acceptors (Lipinski definition) is 6. The van der Waals surface area contributed by atoms with E-state index in [0.717, 1.165) is 34.6 Å². The molecule has 11 heteroatoms. The number of alkyl halides is 3. The Morgan fingerprint density at radius 3 is 2.61 bits per heavy atom. The standard InChI is InChI=1S/C25H25F3N4O3S/c1-14-8-9-19(16(12-14)10-11-36-4)21-20(22(33)35-3)15(2)31(23-29-30-24(34)32(21)23)18-7-5-6-17(13-18)25(26,27)28/h5-9,12-13,21H,10-11H2,1-4H3,(H,30,34). The van der Waals surface area contributed by atoms with E-state index in [1.807, 2.05) is 31.4 Å².